The largest absolute Gasteiger partial charge is 0.419 e. The molecule has 2 atom stereocenters. The van der Waals surface area contributed by atoms with Crippen molar-refractivity contribution in [2.24, 2.45) is 5.92 Å². The molecule has 0 saturated carbocycles. The molecule has 0 unspecified atom stereocenters. The van der Waals surface area contributed by atoms with Gasteiger partial charge in [-0.25, -0.2) is 14.4 Å². The third-order valence-electron chi connectivity index (χ3n) is 5.99. The number of hydrogen-bond acceptors (Lipinski definition) is 6. The van der Waals surface area contributed by atoms with Crippen molar-refractivity contribution in [2.75, 3.05) is 18.4 Å². The highest BCUT2D eigenvalue weighted by Crippen LogP contribution is 2.30. The van der Waals surface area contributed by atoms with E-state index in [1.807, 2.05) is 6.92 Å². The summed E-state index contributed by atoms with van der Waals surface area (Å²) in [5.74, 6) is -1.07. The van der Waals surface area contributed by atoms with Crippen molar-refractivity contribution < 1.29 is 22.4 Å². The Bertz CT molecular complexity index is 1150. The van der Waals surface area contributed by atoms with Gasteiger partial charge in [0, 0.05) is 25.5 Å². The molecule has 0 aliphatic carbocycles. The number of anilines is 1. The molecule has 3 aromatic rings. The summed E-state index contributed by atoms with van der Waals surface area (Å²) in [7, 11) is 0. The zero-order chi connectivity index (χ0) is 24.5. The van der Waals surface area contributed by atoms with Crippen molar-refractivity contribution >= 4 is 11.9 Å². The highest BCUT2D eigenvalue weighted by molar-refractivity contribution is 5.98. The van der Waals surface area contributed by atoms with E-state index in [1.165, 1.54) is 17.2 Å². The van der Waals surface area contributed by atoms with Crippen LogP contribution < -0.4 is 5.32 Å². The Labute approximate surface area is 193 Å². The molecule has 2 aromatic heterocycles. The van der Waals surface area contributed by atoms with Gasteiger partial charge in [0.1, 0.15) is 17.1 Å². The molecule has 1 amide bonds. The van der Waals surface area contributed by atoms with E-state index in [2.05, 4.69) is 25.5 Å². The van der Waals surface area contributed by atoms with E-state index >= 15 is 4.39 Å². The molecule has 12 heteroatoms. The van der Waals surface area contributed by atoms with E-state index in [-0.39, 0.29) is 35.7 Å². The molecule has 1 aliphatic rings. The zero-order valence-electron chi connectivity index (χ0n) is 18.6. The molecule has 1 aliphatic heterocycles. The lowest BCUT2D eigenvalue weighted by Crippen LogP contribution is -2.51. The summed E-state index contributed by atoms with van der Waals surface area (Å²) in [5.41, 5.74) is -0.525. The van der Waals surface area contributed by atoms with Gasteiger partial charge in [-0.1, -0.05) is 13.0 Å². The minimum Gasteiger partial charge on any atom is -0.352 e. The lowest BCUT2D eigenvalue weighted by atomic mass is 9.89. The molecule has 1 saturated heterocycles. The summed E-state index contributed by atoms with van der Waals surface area (Å²) >= 11 is 0. The van der Waals surface area contributed by atoms with Gasteiger partial charge in [-0.3, -0.25) is 4.79 Å². The highest BCUT2D eigenvalue weighted by Gasteiger charge is 2.35. The fourth-order valence-electron chi connectivity index (χ4n) is 4.10. The molecule has 8 nitrogen and oxygen atoms in total. The number of hydrogen-bond donors (Lipinski definition) is 1. The van der Waals surface area contributed by atoms with Crippen LogP contribution in [0.4, 0.5) is 23.5 Å². The molecular weight excluding hydrogens is 454 g/mol. The van der Waals surface area contributed by atoms with Gasteiger partial charge in [0.25, 0.3) is 5.91 Å². The summed E-state index contributed by atoms with van der Waals surface area (Å²) in [6.07, 6.45) is 1.33. The van der Waals surface area contributed by atoms with E-state index in [0.717, 1.165) is 12.8 Å². The van der Waals surface area contributed by atoms with Gasteiger partial charge in [0.2, 0.25) is 5.95 Å². The number of alkyl halides is 3. The second kappa shape index (κ2) is 9.35. The molecule has 1 N–H and O–H groups in total. The van der Waals surface area contributed by atoms with Crippen LogP contribution in [-0.4, -0.2) is 54.9 Å². The van der Waals surface area contributed by atoms with Crippen molar-refractivity contribution in [2.45, 2.75) is 38.9 Å². The van der Waals surface area contributed by atoms with Gasteiger partial charge in [-0.05, 0) is 37.3 Å². The fraction of sp³-hybridized carbons (Fsp3) is 0.409. The Kier molecular flexibility index (Phi) is 6.49. The van der Waals surface area contributed by atoms with E-state index in [9.17, 15) is 18.0 Å². The fourth-order valence-corrected chi connectivity index (χ4v) is 4.10. The van der Waals surface area contributed by atoms with E-state index in [4.69, 9.17) is 0 Å². The first-order valence-electron chi connectivity index (χ1n) is 10.8. The van der Waals surface area contributed by atoms with Gasteiger partial charge < -0.3 is 10.2 Å². The van der Waals surface area contributed by atoms with Crippen molar-refractivity contribution in [3.05, 3.63) is 59.4 Å². The van der Waals surface area contributed by atoms with Crippen LogP contribution in [-0.2, 0) is 6.18 Å². The minimum absolute atomic E-state index is 0.0151. The molecule has 1 fully saturated rings. The van der Waals surface area contributed by atoms with Crippen LogP contribution in [0.2, 0.25) is 0 Å². The number of carbonyl (C=O) groups is 1. The Balaban J connectivity index is 1.59. The van der Waals surface area contributed by atoms with Crippen molar-refractivity contribution in [3.63, 3.8) is 0 Å². The summed E-state index contributed by atoms with van der Waals surface area (Å²) < 4.78 is 53.5. The van der Waals surface area contributed by atoms with Gasteiger partial charge in [-0.15, -0.1) is 0 Å². The first-order valence-corrected chi connectivity index (χ1v) is 10.8. The van der Waals surface area contributed by atoms with E-state index in [0.29, 0.717) is 24.5 Å². The molecule has 1 aromatic carbocycles. The molecular formula is C22H23F4N7O. The smallest absolute Gasteiger partial charge is 0.352 e. The molecule has 0 spiro atoms. The summed E-state index contributed by atoms with van der Waals surface area (Å²) in [5, 5.41) is 11.0. The first kappa shape index (κ1) is 23.6. The average molecular weight is 477 g/mol. The summed E-state index contributed by atoms with van der Waals surface area (Å²) in [6.45, 7) is 4.15. The number of nitrogens with zero attached hydrogens (tertiary/aromatic N) is 6. The quantitative estimate of drug-likeness (QED) is 0.562. The molecule has 4 rings (SSSR count). The number of likely N-dealkylation sites (tertiary alicyclic amines) is 1. The first-order chi connectivity index (χ1) is 16.2. The second-order valence-electron chi connectivity index (χ2n) is 8.27. The maximum atomic E-state index is 15.2. The average Bonchev–Trinajstić information content (AvgIpc) is 3.34. The standard InChI is InChI=1S/C22H23F4N7O/c1-13-4-3-9-32(17(13)12-29-21-27-10-15(11-28-21)22(24,25)26)20(34)18-16(33-30-7-8-31-33)6-5-14(2)19(18)23/h5-8,10-11,13,17H,3-4,9,12H2,1-2H3,(H,27,28,29)/t13-,17-/m1/s1. The van der Waals surface area contributed by atoms with Crippen LogP contribution in [0.15, 0.2) is 36.9 Å². The van der Waals surface area contributed by atoms with Crippen LogP contribution in [0.1, 0.15) is 41.3 Å². The SMILES string of the molecule is Cc1ccc(-n2nccn2)c(C(=O)N2CCC[C@@H](C)[C@H]2CNc2ncc(C(F)(F)F)cn2)c1F. The Morgan fingerprint density at radius 3 is 2.50 bits per heavy atom. The van der Waals surface area contributed by atoms with E-state index < -0.39 is 23.5 Å². The Morgan fingerprint density at radius 2 is 1.85 bits per heavy atom. The monoisotopic (exact) mass is 477 g/mol. The number of aryl methyl sites for hydroxylation is 1. The van der Waals surface area contributed by atoms with Crippen molar-refractivity contribution in [3.8, 4) is 5.69 Å². The number of halogens is 4. The normalized spacial score (nSPS) is 18.7. The molecule has 3 heterocycles. The van der Waals surface area contributed by atoms with Gasteiger partial charge in [0.05, 0.1) is 24.0 Å². The second-order valence-corrected chi connectivity index (χ2v) is 8.27. The molecule has 180 valence electrons. The van der Waals surface area contributed by atoms with Crippen molar-refractivity contribution in [1.29, 1.82) is 0 Å². The van der Waals surface area contributed by atoms with Crippen LogP contribution in [0.25, 0.3) is 5.69 Å². The molecule has 34 heavy (non-hydrogen) atoms. The number of amides is 1. The minimum atomic E-state index is -4.53. The number of nitrogens with one attached hydrogen (secondary N) is 1. The highest BCUT2D eigenvalue weighted by atomic mass is 19.4. The number of rotatable bonds is 5. The summed E-state index contributed by atoms with van der Waals surface area (Å²) in [6, 6.07) is 2.80. The third-order valence-corrected chi connectivity index (χ3v) is 5.99. The van der Waals surface area contributed by atoms with Crippen LogP contribution in [0.5, 0.6) is 0 Å². The maximum Gasteiger partial charge on any atom is 0.419 e. The predicted molar refractivity (Wildman–Crippen MR) is 115 cm³/mol. The van der Waals surface area contributed by atoms with Crippen LogP contribution in [0, 0.1) is 18.7 Å². The van der Waals surface area contributed by atoms with Gasteiger partial charge in [0.15, 0.2) is 0 Å². The topological polar surface area (TPSA) is 88.8 Å². The lowest BCUT2D eigenvalue weighted by molar-refractivity contribution is -0.138. The third kappa shape index (κ3) is 4.70. The van der Waals surface area contributed by atoms with E-state index in [1.54, 1.807) is 24.0 Å². The number of carbonyl (C=O) groups excluding carboxylic acids is 1. The van der Waals surface area contributed by atoms with Crippen LogP contribution in [0.3, 0.4) is 0 Å². The zero-order valence-corrected chi connectivity index (χ0v) is 18.6. The van der Waals surface area contributed by atoms with Crippen molar-refractivity contribution in [1.82, 2.24) is 29.9 Å². The van der Waals surface area contributed by atoms with Gasteiger partial charge in [-0.2, -0.15) is 28.2 Å². The lowest BCUT2D eigenvalue weighted by Gasteiger charge is -2.40. The number of benzene rings is 1. The maximum absolute atomic E-state index is 15.2. The number of piperidine rings is 1. The predicted octanol–water partition coefficient (Wildman–Crippen LogP) is 3.88. The molecule has 0 radical (unpaired) electrons. The number of aromatic nitrogens is 5. The Morgan fingerprint density at radius 1 is 1.18 bits per heavy atom. The van der Waals surface area contributed by atoms with Gasteiger partial charge >= 0.3 is 6.18 Å². The Hall–Kier alpha value is -3.57. The summed E-state index contributed by atoms with van der Waals surface area (Å²) in [4.78, 5) is 23.9. The van der Waals surface area contributed by atoms with Crippen LogP contribution >= 0.6 is 0 Å². The molecule has 0 bridgehead atoms.